The molecular weight excluding hydrogens is 218 g/mol. The van der Waals surface area contributed by atoms with Crippen LogP contribution in [-0.2, 0) is 11.3 Å². The summed E-state index contributed by atoms with van der Waals surface area (Å²) >= 11 is 0. The van der Waals surface area contributed by atoms with Crippen molar-refractivity contribution in [3.63, 3.8) is 0 Å². The van der Waals surface area contributed by atoms with Gasteiger partial charge in [0.05, 0.1) is 12.6 Å². The first-order valence-electron chi connectivity index (χ1n) is 6.19. The summed E-state index contributed by atoms with van der Waals surface area (Å²) in [5.74, 6) is 1.25. The lowest BCUT2D eigenvalue weighted by Gasteiger charge is -2.31. The van der Waals surface area contributed by atoms with Crippen LogP contribution in [-0.4, -0.2) is 37.0 Å². The average molecular weight is 237 g/mol. The SMILES string of the molecule is CCOC1CCCN(Cc2ccc(C=O)o2)C1. The topological polar surface area (TPSA) is 42.7 Å². The van der Waals surface area contributed by atoms with Crippen LogP contribution in [0.25, 0.3) is 0 Å². The van der Waals surface area contributed by atoms with Crippen molar-refractivity contribution < 1.29 is 13.9 Å². The predicted octanol–water partition coefficient (Wildman–Crippen LogP) is 2.09. The Labute approximate surface area is 102 Å². The third kappa shape index (κ3) is 3.41. The first kappa shape index (κ1) is 12.3. The molecule has 0 amide bonds. The van der Waals surface area contributed by atoms with Gasteiger partial charge in [-0.1, -0.05) is 0 Å². The van der Waals surface area contributed by atoms with Crippen molar-refractivity contribution >= 4 is 6.29 Å². The van der Waals surface area contributed by atoms with E-state index in [4.69, 9.17) is 9.15 Å². The van der Waals surface area contributed by atoms with E-state index in [-0.39, 0.29) is 0 Å². The lowest BCUT2D eigenvalue weighted by atomic mass is 10.1. The van der Waals surface area contributed by atoms with Gasteiger partial charge in [0.25, 0.3) is 0 Å². The van der Waals surface area contributed by atoms with Crippen LogP contribution in [0.3, 0.4) is 0 Å². The standard InChI is InChI=1S/C13H19NO3/c1-2-16-11-4-3-7-14(8-11)9-12-5-6-13(10-15)17-12/h5-6,10-11H,2-4,7-9H2,1H3. The Morgan fingerprint density at radius 2 is 2.47 bits per heavy atom. The smallest absolute Gasteiger partial charge is 0.185 e. The predicted molar refractivity (Wildman–Crippen MR) is 64.0 cm³/mol. The van der Waals surface area contributed by atoms with Crippen LogP contribution in [0.5, 0.6) is 0 Å². The van der Waals surface area contributed by atoms with Gasteiger partial charge in [0.1, 0.15) is 5.76 Å². The molecule has 4 heteroatoms. The summed E-state index contributed by atoms with van der Waals surface area (Å²) in [5.41, 5.74) is 0. The Balaban J connectivity index is 1.87. The van der Waals surface area contributed by atoms with Crippen molar-refractivity contribution in [2.75, 3.05) is 19.7 Å². The molecule has 1 atom stereocenters. The normalized spacial score (nSPS) is 21.6. The second-order valence-electron chi connectivity index (χ2n) is 4.38. The highest BCUT2D eigenvalue weighted by Crippen LogP contribution is 2.16. The number of aldehydes is 1. The zero-order chi connectivity index (χ0) is 12.1. The third-order valence-corrected chi connectivity index (χ3v) is 3.04. The van der Waals surface area contributed by atoms with Crippen molar-refractivity contribution in [3.05, 3.63) is 23.7 Å². The van der Waals surface area contributed by atoms with Gasteiger partial charge in [0, 0.05) is 13.2 Å². The van der Waals surface area contributed by atoms with Crippen LogP contribution in [0.15, 0.2) is 16.5 Å². The molecule has 94 valence electrons. The Kier molecular flexibility index (Phi) is 4.34. The summed E-state index contributed by atoms with van der Waals surface area (Å²) in [5, 5.41) is 0. The summed E-state index contributed by atoms with van der Waals surface area (Å²) in [7, 11) is 0. The molecule has 1 aromatic heterocycles. The van der Waals surface area contributed by atoms with E-state index in [0.29, 0.717) is 11.9 Å². The van der Waals surface area contributed by atoms with E-state index >= 15 is 0 Å². The Bertz CT molecular complexity index is 359. The molecule has 0 aliphatic carbocycles. The maximum Gasteiger partial charge on any atom is 0.185 e. The highest BCUT2D eigenvalue weighted by Gasteiger charge is 2.20. The number of ether oxygens (including phenoxy) is 1. The van der Waals surface area contributed by atoms with Crippen LogP contribution in [0.2, 0.25) is 0 Å². The van der Waals surface area contributed by atoms with Crippen molar-refractivity contribution in [2.24, 2.45) is 0 Å². The lowest BCUT2D eigenvalue weighted by Crippen LogP contribution is -2.39. The molecule has 4 nitrogen and oxygen atoms in total. The molecular formula is C13H19NO3. The minimum atomic E-state index is 0.342. The van der Waals surface area contributed by atoms with Gasteiger partial charge in [-0.15, -0.1) is 0 Å². The number of hydrogen-bond acceptors (Lipinski definition) is 4. The van der Waals surface area contributed by atoms with Crippen molar-refractivity contribution in [1.82, 2.24) is 4.90 Å². The van der Waals surface area contributed by atoms with Gasteiger partial charge in [0.2, 0.25) is 0 Å². The molecule has 0 aromatic carbocycles. The molecule has 2 heterocycles. The van der Waals surface area contributed by atoms with E-state index in [2.05, 4.69) is 4.90 Å². The quantitative estimate of drug-likeness (QED) is 0.735. The first-order chi connectivity index (χ1) is 8.31. The molecule has 0 bridgehead atoms. The van der Waals surface area contributed by atoms with Gasteiger partial charge in [-0.05, 0) is 38.4 Å². The molecule has 1 aliphatic heterocycles. The van der Waals surface area contributed by atoms with Crippen LogP contribution < -0.4 is 0 Å². The molecule has 2 rings (SSSR count). The number of hydrogen-bond donors (Lipinski definition) is 0. The second kappa shape index (κ2) is 5.98. The van der Waals surface area contributed by atoms with Crippen molar-refractivity contribution in [2.45, 2.75) is 32.4 Å². The Morgan fingerprint density at radius 3 is 3.18 bits per heavy atom. The first-order valence-corrected chi connectivity index (χ1v) is 6.19. The largest absolute Gasteiger partial charge is 0.457 e. The molecule has 1 aromatic rings. The highest BCUT2D eigenvalue weighted by molar-refractivity contribution is 5.70. The van der Waals surface area contributed by atoms with Gasteiger partial charge in [0.15, 0.2) is 12.0 Å². The molecule has 0 N–H and O–H groups in total. The van der Waals surface area contributed by atoms with Crippen LogP contribution in [0, 0.1) is 0 Å². The zero-order valence-electron chi connectivity index (χ0n) is 10.2. The van der Waals surface area contributed by atoms with Gasteiger partial charge >= 0.3 is 0 Å². The highest BCUT2D eigenvalue weighted by atomic mass is 16.5. The van der Waals surface area contributed by atoms with Crippen molar-refractivity contribution in [3.8, 4) is 0 Å². The van der Waals surface area contributed by atoms with E-state index < -0.39 is 0 Å². The maximum absolute atomic E-state index is 10.5. The van der Waals surface area contributed by atoms with E-state index in [1.54, 1.807) is 6.07 Å². The summed E-state index contributed by atoms with van der Waals surface area (Å²) < 4.78 is 11.0. The van der Waals surface area contributed by atoms with E-state index in [9.17, 15) is 4.79 Å². The average Bonchev–Trinajstić information content (AvgIpc) is 2.78. The molecule has 1 saturated heterocycles. The molecule has 17 heavy (non-hydrogen) atoms. The molecule has 0 saturated carbocycles. The summed E-state index contributed by atoms with van der Waals surface area (Å²) in [6.07, 6.45) is 3.38. The molecule has 0 spiro atoms. The fourth-order valence-electron chi connectivity index (χ4n) is 2.29. The molecule has 1 fully saturated rings. The van der Waals surface area contributed by atoms with Gasteiger partial charge in [-0.25, -0.2) is 0 Å². The summed E-state index contributed by atoms with van der Waals surface area (Å²) in [4.78, 5) is 12.8. The fourth-order valence-corrected chi connectivity index (χ4v) is 2.29. The van der Waals surface area contributed by atoms with Crippen LogP contribution in [0.4, 0.5) is 0 Å². The van der Waals surface area contributed by atoms with E-state index in [0.717, 1.165) is 51.1 Å². The van der Waals surface area contributed by atoms with E-state index in [1.165, 1.54) is 0 Å². The minimum Gasteiger partial charge on any atom is -0.457 e. The van der Waals surface area contributed by atoms with Crippen molar-refractivity contribution in [1.29, 1.82) is 0 Å². The van der Waals surface area contributed by atoms with Gasteiger partial charge in [-0.2, -0.15) is 0 Å². The number of carbonyl (C=O) groups is 1. The number of carbonyl (C=O) groups excluding carboxylic acids is 1. The lowest BCUT2D eigenvalue weighted by molar-refractivity contribution is 0.00195. The van der Waals surface area contributed by atoms with Crippen LogP contribution in [0.1, 0.15) is 36.1 Å². The third-order valence-electron chi connectivity index (χ3n) is 3.04. The second-order valence-corrected chi connectivity index (χ2v) is 4.38. The van der Waals surface area contributed by atoms with Gasteiger partial charge in [-0.3, -0.25) is 9.69 Å². The summed E-state index contributed by atoms with van der Waals surface area (Å²) in [6.45, 7) is 5.58. The number of nitrogens with zero attached hydrogens (tertiary/aromatic N) is 1. The molecule has 0 radical (unpaired) electrons. The number of piperidine rings is 1. The Hall–Kier alpha value is -1.13. The van der Waals surface area contributed by atoms with Crippen LogP contribution >= 0.6 is 0 Å². The monoisotopic (exact) mass is 237 g/mol. The number of furan rings is 1. The molecule has 1 aliphatic rings. The maximum atomic E-state index is 10.5. The van der Waals surface area contributed by atoms with E-state index in [1.807, 2.05) is 13.0 Å². The zero-order valence-corrected chi connectivity index (χ0v) is 10.2. The minimum absolute atomic E-state index is 0.342. The number of rotatable bonds is 5. The fraction of sp³-hybridized carbons (Fsp3) is 0.615. The molecule has 1 unspecified atom stereocenters. The van der Waals surface area contributed by atoms with Gasteiger partial charge < -0.3 is 9.15 Å². The Morgan fingerprint density at radius 1 is 1.59 bits per heavy atom. The summed E-state index contributed by atoms with van der Waals surface area (Å²) in [6, 6.07) is 3.58. The number of likely N-dealkylation sites (tertiary alicyclic amines) is 1.